The van der Waals surface area contributed by atoms with E-state index in [0.717, 1.165) is 21.8 Å². The lowest BCUT2D eigenvalue weighted by Crippen LogP contribution is -2.26. The van der Waals surface area contributed by atoms with E-state index in [1.807, 2.05) is 18.4 Å². The fraction of sp³-hybridized carbons (Fsp3) is 0.364. The monoisotopic (exact) mass is 336 g/mol. The van der Waals surface area contributed by atoms with Crippen molar-refractivity contribution in [3.05, 3.63) is 32.0 Å². The van der Waals surface area contributed by atoms with Gasteiger partial charge < -0.3 is 0 Å². The number of halogens is 1. The summed E-state index contributed by atoms with van der Waals surface area (Å²) < 4.78 is 26.7. The molecule has 0 spiro atoms. The summed E-state index contributed by atoms with van der Waals surface area (Å²) in [5, 5.41) is 1.96. The molecule has 2 rings (SSSR count). The predicted molar refractivity (Wildman–Crippen MR) is 79.6 cm³/mol. The summed E-state index contributed by atoms with van der Waals surface area (Å²) in [5.74, 6) is 0. The van der Waals surface area contributed by atoms with Crippen molar-refractivity contribution in [3.8, 4) is 0 Å². The maximum atomic E-state index is 12.4. The minimum absolute atomic E-state index is 0.217. The quantitative estimate of drug-likeness (QED) is 0.860. The Kier molecular flexibility index (Phi) is 4.32. The number of sulfonamides is 1. The average molecular weight is 337 g/mol. The van der Waals surface area contributed by atoms with Gasteiger partial charge in [-0.1, -0.05) is 22.9 Å². The molecular formula is C11H13ClN2O2S3. The third-order valence-corrected chi connectivity index (χ3v) is 7.37. The van der Waals surface area contributed by atoms with Gasteiger partial charge >= 0.3 is 0 Å². The smallest absolute Gasteiger partial charge is 0.229 e. The molecule has 2 aromatic heterocycles. The summed E-state index contributed by atoms with van der Waals surface area (Å²) in [4.78, 5) is 5.00. The molecule has 0 aliphatic carbocycles. The van der Waals surface area contributed by atoms with Crippen LogP contribution in [0, 0.1) is 13.8 Å². The molecule has 0 amide bonds. The number of thiophene rings is 1. The zero-order valence-electron chi connectivity index (χ0n) is 10.7. The Morgan fingerprint density at radius 1 is 1.42 bits per heavy atom. The summed E-state index contributed by atoms with van der Waals surface area (Å²) in [5.41, 5.74) is 1.55. The highest BCUT2D eigenvalue weighted by Gasteiger charge is 2.26. The lowest BCUT2D eigenvalue weighted by atomic mass is 10.3. The van der Waals surface area contributed by atoms with Crippen molar-refractivity contribution in [2.75, 3.05) is 7.05 Å². The van der Waals surface area contributed by atoms with Crippen LogP contribution in [0.15, 0.2) is 15.7 Å². The van der Waals surface area contributed by atoms with Crippen LogP contribution in [0.25, 0.3) is 0 Å². The van der Waals surface area contributed by atoms with Gasteiger partial charge in [-0.2, -0.15) is 4.31 Å². The molecule has 104 valence electrons. The van der Waals surface area contributed by atoms with Crippen LogP contribution in [0.2, 0.25) is 4.47 Å². The van der Waals surface area contributed by atoms with Crippen molar-refractivity contribution in [1.82, 2.24) is 9.29 Å². The number of nitrogens with zero attached hydrogens (tertiary/aromatic N) is 2. The normalized spacial score (nSPS) is 12.3. The number of hydrogen-bond acceptors (Lipinski definition) is 5. The van der Waals surface area contributed by atoms with Crippen molar-refractivity contribution in [3.63, 3.8) is 0 Å². The summed E-state index contributed by atoms with van der Waals surface area (Å²) in [6, 6.07) is 1.98. The highest BCUT2D eigenvalue weighted by molar-refractivity contribution is 7.91. The number of aryl methyl sites for hydroxylation is 2. The minimum Gasteiger partial charge on any atom is -0.229 e. The summed E-state index contributed by atoms with van der Waals surface area (Å²) in [6.07, 6.45) is 0. The zero-order valence-corrected chi connectivity index (χ0v) is 13.9. The molecule has 0 saturated heterocycles. The molecule has 0 atom stereocenters. The molecule has 4 nitrogen and oxygen atoms in total. The first-order valence-electron chi connectivity index (χ1n) is 5.44. The second kappa shape index (κ2) is 5.49. The van der Waals surface area contributed by atoms with Crippen LogP contribution in [0.5, 0.6) is 0 Å². The second-order valence-electron chi connectivity index (χ2n) is 4.13. The van der Waals surface area contributed by atoms with Gasteiger partial charge in [-0.15, -0.1) is 11.3 Å². The molecule has 2 heterocycles. The lowest BCUT2D eigenvalue weighted by molar-refractivity contribution is 0.470. The van der Waals surface area contributed by atoms with Crippen molar-refractivity contribution in [2.45, 2.75) is 24.6 Å². The van der Waals surface area contributed by atoms with Crippen LogP contribution in [0.4, 0.5) is 0 Å². The number of aromatic nitrogens is 1. The second-order valence-corrected chi connectivity index (χ2v) is 8.95. The van der Waals surface area contributed by atoms with Crippen LogP contribution in [0.1, 0.15) is 16.1 Å². The molecule has 0 aliphatic rings. The van der Waals surface area contributed by atoms with E-state index in [0.29, 0.717) is 12.2 Å². The van der Waals surface area contributed by atoms with Crippen molar-refractivity contribution in [1.29, 1.82) is 0 Å². The number of rotatable bonds is 4. The minimum atomic E-state index is -3.53. The Balaban J connectivity index is 2.30. The topological polar surface area (TPSA) is 50.3 Å². The molecule has 0 N–H and O–H groups in total. The van der Waals surface area contributed by atoms with Gasteiger partial charge in [-0.05, 0) is 30.9 Å². The predicted octanol–water partition coefficient (Wildman–Crippen LogP) is 3.30. The van der Waals surface area contributed by atoms with Crippen LogP contribution in [0.3, 0.4) is 0 Å². The lowest BCUT2D eigenvalue weighted by Gasteiger charge is -2.15. The highest BCUT2D eigenvalue weighted by atomic mass is 35.5. The summed E-state index contributed by atoms with van der Waals surface area (Å²) in [6.45, 7) is 3.99. The van der Waals surface area contributed by atoms with E-state index < -0.39 is 10.0 Å². The maximum absolute atomic E-state index is 12.4. The summed E-state index contributed by atoms with van der Waals surface area (Å²) in [7, 11) is -1.96. The van der Waals surface area contributed by atoms with E-state index in [4.69, 9.17) is 11.6 Å². The number of thiazole rings is 1. The molecule has 0 unspecified atom stereocenters. The fourth-order valence-corrected chi connectivity index (χ4v) is 5.69. The van der Waals surface area contributed by atoms with E-state index >= 15 is 0 Å². The van der Waals surface area contributed by atoms with Crippen molar-refractivity contribution >= 4 is 44.3 Å². The van der Waals surface area contributed by atoms with E-state index in [9.17, 15) is 8.42 Å². The van der Waals surface area contributed by atoms with Gasteiger partial charge in [0.25, 0.3) is 10.0 Å². The third-order valence-electron chi connectivity index (χ3n) is 2.71. The first-order chi connectivity index (χ1) is 8.82. The van der Waals surface area contributed by atoms with Crippen LogP contribution in [-0.2, 0) is 16.6 Å². The van der Waals surface area contributed by atoms with Gasteiger partial charge in [-0.25, -0.2) is 13.4 Å². The Morgan fingerprint density at radius 3 is 2.58 bits per heavy atom. The average Bonchev–Trinajstić information content (AvgIpc) is 2.86. The Hall–Kier alpha value is -0.470. The molecule has 0 saturated carbocycles. The Morgan fingerprint density at radius 2 is 2.11 bits per heavy atom. The standard InChI is InChI=1S/C11H13ClN2O2S3/c1-7-4-5-17-9(7)6-14(3)19(15,16)10-8(2)13-11(12)18-10/h4-5H,6H2,1-3H3. The molecule has 2 aromatic rings. The third kappa shape index (κ3) is 3.00. The van der Waals surface area contributed by atoms with E-state index in [1.54, 1.807) is 25.3 Å². The molecule has 0 bridgehead atoms. The van der Waals surface area contributed by atoms with Gasteiger partial charge in [0.05, 0.1) is 5.69 Å². The zero-order chi connectivity index (χ0) is 14.2. The van der Waals surface area contributed by atoms with E-state index in [1.165, 1.54) is 4.31 Å². The molecule has 19 heavy (non-hydrogen) atoms. The van der Waals surface area contributed by atoms with E-state index in [-0.39, 0.29) is 8.68 Å². The SMILES string of the molecule is Cc1ccsc1CN(C)S(=O)(=O)c1sc(Cl)nc1C. The maximum Gasteiger partial charge on any atom is 0.254 e. The van der Waals surface area contributed by atoms with Crippen LogP contribution < -0.4 is 0 Å². The van der Waals surface area contributed by atoms with Gasteiger partial charge in [0.2, 0.25) is 0 Å². The first-order valence-corrected chi connectivity index (χ1v) is 8.96. The molecule has 8 heteroatoms. The van der Waals surface area contributed by atoms with Gasteiger partial charge in [-0.3, -0.25) is 0 Å². The van der Waals surface area contributed by atoms with Crippen molar-refractivity contribution in [2.24, 2.45) is 0 Å². The van der Waals surface area contributed by atoms with Gasteiger partial charge in [0.15, 0.2) is 8.68 Å². The number of hydrogen-bond donors (Lipinski definition) is 0. The van der Waals surface area contributed by atoms with E-state index in [2.05, 4.69) is 4.98 Å². The Labute approximate surface area is 125 Å². The molecule has 0 aliphatic heterocycles. The van der Waals surface area contributed by atoms with Crippen LogP contribution in [-0.4, -0.2) is 24.8 Å². The first kappa shape index (κ1) is 14.9. The Bertz CT molecular complexity index is 691. The van der Waals surface area contributed by atoms with Crippen LogP contribution >= 0.6 is 34.3 Å². The highest BCUT2D eigenvalue weighted by Crippen LogP contribution is 2.30. The fourth-order valence-electron chi connectivity index (χ4n) is 1.58. The molecular weight excluding hydrogens is 324 g/mol. The summed E-state index contributed by atoms with van der Waals surface area (Å²) >= 11 is 8.32. The van der Waals surface area contributed by atoms with Crippen molar-refractivity contribution < 1.29 is 8.42 Å². The molecule has 0 fully saturated rings. The van der Waals surface area contributed by atoms with Gasteiger partial charge in [0.1, 0.15) is 0 Å². The largest absolute Gasteiger partial charge is 0.254 e. The molecule has 0 radical (unpaired) electrons. The van der Waals surface area contributed by atoms with Gasteiger partial charge in [0, 0.05) is 18.5 Å². The molecule has 0 aromatic carbocycles.